The zero-order chi connectivity index (χ0) is 15.4. The summed E-state index contributed by atoms with van der Waals surface area (Å²) in [6.45, 7) is 6.67. The van der Waals surface area contributed by atoms with Crippen LogP contribution in [0.1, 0.15) is 11.4 Å². The van der Waals surface area contributed by atoms with Crippen molar-refractivity contribution in [2.24, 2.45) is 0 Å². The van der Waals surface area contributed by atoms with Crippen LogP contribution < -0.4 is 5.32 Å². The van der Waals surface area contributed by atoms with E-state index in [0.29, 0.717) is 22.4 Å². The van der Waals surface area contributed by atoms with Gasteiger partial charge in [0, 0.05) is 23.3 Å². The molecule has 0 aliphatic carbocycles. The van der Waals surface area contributed by atoms with Crippen LogP contribution in [0, 0.1) is 6.92 Å². The highest BCUT2D eigenvalue weighted by molar-refractivity contribution is 6.35. The fourth-order valence-corrected chi connectivity index (χ4v) is 3.28. The molecular formula is C16H12Cl2N4. The van der Waals surface area contributed by atoms with Crippen LogP contribution in [0.15, 0.2) is 31.0 Å². The molecule has 1 aliphatic heterocycles. The van der Waals surface area contributed by atoms with E-state index in [0.717, 1.165) is 33.7 Å². The van der Waals surface area contributed by atoms with E-state index in [1.165, 1.54) is 0 Å². The number of aryl methyl sites for hydroxylation is 1. The van der Waals surface area contributed by atoms with Crippen LogP contribution in [-0.2, 0) is 0 Å². The Bertz CT molecular complexity index is 943. The lowest BCUT2D eigenvalue weighted by Gasteiger charge is -2.15. The van der Waals surface area contributed by atoms with Crippen LogP contribution in [0.3, 0.4) is 0 Å². The van der Waals surface area contributed by atoms with Gasteiger partial charge in [0.25, 0.3) is 0 Å². The number of rotatable bonds is 1. The summed E-state index contributed by atoms with van der Waals surface area (Å²) < 4.78 is 1.97. The number of hydrogen-bond donors (Lipinski definition) is 1. The fraction of sp³-hybridized carbons (Fsp3) is 0.125. The van der Waals surface area contributed by atoms with Gasteiger partial charge in [-0.1, -0.05) is 29.8 Å². The molecule has 6 heteroatoms. The predicted molar refractivity (Wildman–Crippen MR) is 91.1 cm³/mol. The van der Waals surface area contributed by atoms with Gasteiger partial charge in [-0.15, -0.1) is 0 Å². The molecule has 4 rings (SSSR count). The molecule has 0 saturated heterocycles. The largest absolute Gasteiger partial charge is 0.365 e. The molecule has 0 radical (unpaired) electrons. The van der Waals surface area contributed by atoms with Gasteiger partial charge in [0.1, 0.15) is 11.6 Å². The second-order valence-electron chi connectivity index (χ2n) is 5.28. The highest BCUT2D eigenvalue weighted by Crippen LogP contribution is 2.37. The number of halogens is 2. The Morgan fingerprint density at radius 1 is 1.27 bits per heavy atom. The topological polar surface area (TPSA) is 42.7 Å². The Labute approximate surface area is 137 Å². The summed E-state index contributed by atoms with van der Waals surface area (Å²) in [6.07, 6.45) is 2.01. The Hall–Kier alpha value is -2.04. The lowest BCUT2D eigenvalue weighted by molar-refractivity contribution is 1.03. The Balaban J connectivity index is 2.10. The van der Waals surface area contributed by atoms with Gasteiger partial charge < -0.3 is 5.32 Å². The number of nitrogens with zero attached hydrogens (tertiary/aromatic N) is 3. The van der Waals surface area contributed by atoms with Crippen molar-refractivity contribution in [1.82, 2.24) is 14.5 Å². The molecule has 3 heterocycles. The third-order valence-corrected chi connectivity index (χ3v) is 4.31. The van der Waals surface area contributed by atoms with E-state index < -0.39 is 0 Å². The Morgan fingerprint density at radius 2 is 2.09 bits per heavy atom. The highest BCUT2D eigenvalue weighted by Gasteiger charge is 2.22. The molecule has 4 nitrogen and oxygen atoms in total. The summed E-state index contributed by atoms with van der Waals surface area (Å²) in [5.74, 6) is 1.55. The molecule has 1 aliphatic rings. The van der Waals surface area contributed by atoms with Gasteiger partial charge in [-0.25, -0.2) is 9.97 Å². The summed E-state index contributed by atoms with van der Waals surface area (Å²) in [5, 5.41) is 5.45. The van der Waals surface area contributed by atoms with E-state index in [-0.39, 0.29) is 0 Å². The Kier molecular flexibility index (Phi) is 2.93. The number of benzene rings is 1. The van der Waals surface area contributed by atoms with Crippen LogP contribution >= 0.6 is 23.2 Å². The molecule has 0 fully saturated rings. The molecular weight excluding hydrogens is 319 g/mol. The van der Waals surface area contributed by atoms with Gasteiger partial charge in [0.05, 0.1) is 16.1 Å². The van der Waals surface area contributed by atoms with Crippen molar-refractivity contribution in [2.75, 3.05) is 11.9 Å². The molecule has 0 spiro atoms. The van der Waals surface area contributed by atoms with Crippen LogP contribution in [0.4, 0.5) is 5.82 Å². The molecule has 3 aromatic rings. The molecule has 0 unspecified atom stereocenters. The van der Waals surface area contributed by atoms with E-state index in [1.807, 2.05) is 29.8 Å². The predicted octanol–water partition coefficient (Wildman–Crippen LogP) is 4.47. The van der Waals surface area contributed by atoms with Crippen LogP contribution in [0.25, 0.3) is 22.3 Å². The second kappa shape index (κ2) is 4.73. The van der Waals surface area contributed by atoms with Gasteiger partial charge in [0.2, 0.25) is 0 Å². The maximum absolute atomic E-state index is 6.36. The van der Waals surface area contributed by atoms with Crippen molar-refractivity contribution in [2.45, 2.75) is 6.92 Å². The first kappa shape index (κ1) is 13.6. The fourth-order valence-electron chi connectivity index (χ4n) is 2.78. The highest BCUT2D eigenvalue weighted by atomic mass is 35.5. The van der Waals surface area contributed by atoms with Crippen molar-refractivity contribution >= 4 is 45.6 Å². The third kappa shape index (κ3) is 1.91. The number of nitrogens with one attached hydrogen (secondary N) is 1. The lowest BCUT2D eigenvalue weighted by atomic mass is 10.1. The zero-order valence-electron chi connectivity index (χ0n) is 11.8. The summed E-state index contributed by atoms with van der Waals surface area (Å²) in [4.78, 5) is 9.07. The minimum absolute atomic E-state index is 0.576. The molecule has 0 amide bonds. The normalized spacial score (nSPS) is 13.5. The molecule has 1 N–H and O–H groups in total. The lowest BCUT2D eigenvalue weighted by Crippen LogP contribution is -2.11. The minimum atomic E-state index is 0.576. The molecule has 0 saturated carbocycles. The molecule has 22 heavy (non-hydrogen) atoms. The zero-order valence-corrected chi connectivity index (χ0v) is 13.3. The van der Waals surface area contributed by atoms with E-state index >= 15 is 0 Å². The van der Waals surface area contributed by atoms with E-state index in [1.54, 1.807) is 6.07 Å². The first-order chi connectivity index (χ1) is 10.5. The van der Waals surface area contributed by atoms with Crippen molar-refractivity contribution in [3.63, 3.8) is 0 Å². The van der Waals surface area contributed by atoms with Gasteiger partial charge in [-0.2, -0.15) is 0 Å². The van der Waals surface area contributed by atoms with Crippen LogP contribution in [-0.4, -0.2) is 21.1 Å². The smallest absolute Gasteiger partial charge is 0.151 e. The van der Waals surface area contributed by atoms with E-state index in [9.17, 15) is 0 Å². The summed E-state index contributed by atoms with van der Waals surface area (Å²) in [6, 6.07) is 5.43. The maximum atomic E-state index is 6.36. The molecule has 1 aromatic carbocycles. The number of anilines is 1. The number of aromatic nitrogens is 3. The molecule has 110 valence electrons. The standard InChI is InChI=1S/C16H12Cl2N4/c1-8-6-19-15-14-11(8)7-22(16(14)21-9(2)20-15)13-4-3-10(17)5-12(13)18/h3-5,7H,1,6H2,2H3,(H,19,20,21). The van der Waals surface area contributed by atoms with Crippen molar-refractivity contribution in [1.29, 1.82) is 0 Å². The van der Waals surface area contributed by atoms with Crippen molar-refractivity contribution in [3.8, 4) is 5.69 Å². The molecule has 2 aromatic heterocycles. The van der Waals surface area contributed by atoms with Gasteiger partial charge in [-0.3, -0.25) is 4.57 Å². The summed E-state index contributed by atoms with van der Waals surface area (Å²) in [7, 11) is 0. The number of hydrogen-bond acceptors (Lipinski definition) is 3. The maximum Gasteiger partial charge on any atom is 0.151 e. The van der Waals surface area contributed by atoms with Gasteiger partial charge in [0.15, 0.2) is 5.65 Å². The monoisotopic (exact) mass is 330 g/mol. The SMILES string of the molecule is C=C1CNc2nc(C)nc3c2c1cn3-c1ccc(Cl)cc1Cl. The average Bonchev–Trinajstić information content (AvgIpc) is 2.83. The summed E-state index contributed by atoms with van der Waals surface area (Å²) in [5.41, 5.74) is 3.71. The third-order valence-electron chi connectivity index (χ3n) is 3.78. The molecule has 0 atom stereocenters. The molecule has 0 bridgehead atoms. The average molecular weight is 331 g/mol. The van der Waals surface area contributed by atoms with E-state index in [4.69, 9.17) is 23.2 Å². The first-order valence-electron chi connectivity index (χ1n) is 6.82. The minimum Gasteiger partial charge on any atom is -0.365 e. The quantitative estimate of drug-likeness (QED) is 0.715. The van der Waals surface area contributed by atoms with Gasteiger partial charge in [-0.05, 0) is 30.7 Å². The van der Waals surface area contributed by atoms with Crippen LogP contribution in [0.2, 0.25) is 10.0 Å². The van der Waals surface area contributed by atoms with Crippen molar-refractivity contribution < 1.29 is 0 Å². The first-order valence-corrected chi connectivity index (χ1v) is 7.57. The van der Waals surface area contributed by atoms with E-state index in [2.05, 4.69) is 21.9 Å². The Morgan fingerprint density at radius 3 is 2.86 bits per heavy atom. The summed E-state index contributed by atoms with van der Waals surface area (Å²) >= 11 is 12.4. The van der Waals surface area contributed by atoms with Gasteiger partial charge >= 0.3 is 0 Å². The van der Waals surface area contributed by atoms with Crippen molar-refractivity contribution in [3.05, 3.63) is 52.4 Å². The second-order valence-corrected chi connectivity index (χ2v) is 6.13. The van der Waals surface area contributed by atoms with Crippen LogP contribution in [0.5, 0.6) is 0 Å².